The summed E-state index contributed by atoms with van der Waals surface area (Å²) in [5, 5.41) is 0. The fourth-order valence-electron chi connectivity index (χ4n) is 1.90. The largest absolute Gasteiger partial charge is 0.465 e. The van der Waals surface area contributed by atoms with E-state index < -0.39 is 0 Å². The SMILES string of the molecule is C=CCCCCCCC1COC(=O)CC1=O. The lowest BCUT2D eigenvalue weighted by Gasteiger charge is -2.20. The van der Waals surface area contributed by atoms with E-state index in [0.29, 0.717) is 6.61 Å². The highest BCUT2D eigenvalue weighted by molar-refractivity contribution is 5.98. The normalized spacial score (nSPS) is 20.6. The molecule has 1 fully saturated rings. The Balaban J connectivity index is 2.06. The van der Waals surface area contributed by atoms with Gasteiger partial charge in [0.2, 0.25) is 0 Å². The number of rotatable bonds is 7. The number of ether oxygens (including phenoxy) is 1. The molecule has 0 aromatic carbocycles. The smallest absolute Gasteiger partial charge is 0.313 e. The van der Waals surface area contributed by atoms with Crippen molar-refractivity contribution in [2.24, 2.45) is 5.92 Å². The molecule has 1 atom stereocenters. The summed E-state index contributed by atoms with van der Waals surface area (Å²) in [5.41, 5.74) is 0. The van der Waals surface area contributed by atoms with Crippen molar-refractivity contribution in [2.75, 3.05) is 6.61 Å². The van der Waals surface area contributed by atoms with Crippen LogP contribution >= 0.6 is 0 Å². The molecule has 0 N–H and O–H groups in total. The third-order valence-electron chi connectivity index (χ3n) is 2.93. The molecule has 1 unspecified atom stereocenters. The molecule has 1 saturated heterocycles. The Morgan fingerprint density at radius 2 is 2.00 bits per heavy atom. The minimum absolute atomic E-state index is 0.0267. The molecule has 1 aliphatic heterocycles. The van der Waals surface area contributed by atoms with E-state index in [1.807, 2.05) is 6.08 Å². The predicted molar refractivity (Wildman–Crippen MR) is 62.0 cm³/mol. The van der Waals surface area contributed by atoms with Crippen molar-refractivity contribution in [3.63, 3.8) is 0 Å². The number of Topliss-reactive ketones (excluding diaryl/α,β-unsaturated/α-hetero) is 1. The Bertz CT molecular complexity index is 258. The van der Waals surface area contributed by atoms with Gasteiger partial charge in [0.05, 0.1) is 5.92 Å². The Morgan fingerprint density at radius 3 is 2.69 bits per heavy atom. The van der Waals surface area contributed by atoms with Crippen molar-refractivity contribution in [3.8, 4) is 0 Å². The Hall–Kier alpha value is -1.12. The van der Waals surface area contributed by atoms with Gasteiger partial charge in [-0.05, 0) is 19.3 Å². The zero-order valence-electron chi connectivity index (χ0n) is 9.74. The van der Waals surface area contributed by atoms with Gasteiger partial charge in [0.1, 0.15) is 18.8 Å². The highest BCUT2D eigenvalue weighted by Gasteiger charge is 2.27. The van der Waals surface area contributed by atoms with Gasteiger partial charge >= 0.3 is 5.97 Å². The lowest BCUT2D eigenvalue weighted by atomic mass is 9.94. The molecule has 0 aromatic heterocycles. The van der Waals surface area contributed by atoms with Crippen molar-refractivity contribution >= 4 is 11.8 Å². The summed E-state index contributed by atoms with van der Waals surface area (Å²) in [6.45, 7) is 3.97. The minimum atomic E-state index is -0.368. The number of allylic oxidation sites excluding steroid dienone is 1. The van der Waals surface area contributed by atoms with Crippen molar-refractivity contribution < 1.29 is 14.3 Å². The van der Waals surface area contributed by atoms with Gasteiger partial charge in [-0.2, -0.15) is 0 Å². The molecule has 0 amide bonds. The highest BCUT2D eigenvalue weighted by Crippen LogP contribution is 2.18. The number of carbonyl (C=O) groups is 2. The number of esters is 1. The number of hydrogen-bond donors (Lipinski definition) is 0. The molecule has 0 aromatic rings. The molecular formula is C13H20O3. The fourth-order valence-corrected chi connectivity index (χ4v) is 1.90. The maximum absolute atomic E-state index is 11.5. The monoisotopic (exact) mass is 224 g/mol. The second kappa shape index (κ2) is 7.20. The van der Waals surface area contributed by atoms with Gasteiger partial charge < -0.3 is 4.74 Å². The second-order valence-electron chi connectivity index (χ2n) is 4.30. The molecular weight excluding hydrogens is 204 g/mol. The van der Waals surface area contributed by atoms with Crippen LogP contribution in [0.5, 0.6) is 0 Å². The van der Waals surface area contributed by atoms with E-state index >= 15 is 0 Å². The Kier molecular flexibility index (Phi) is 5.83. The quantitative estimate of drug-likeness (QED) is 0.289. The van der Waals surface area contributed by atoms with E-state index in [0.717, 1.165) is 25.7 Å². The summed E-state index contributed by atoms with van der Waals surface area (Å²) in [5.74, 6) is -0.355. The molecule has 0 aliphatic carbocycles. The van der Waals surface area contributed by atoms with Crippen LogP contribution in [-0.2, 0) is 14.3 Å². The van der Waals surface area contributed by atoms with Gasteiger partial charge in [0, 0.05) is 0 Å². The topological polar surface area (TPSA) is 43.4 Å². The molecule has 16 heavy (non-hydrogen) atoms. The molecule has 3 nitrogen and oxygen atoms in total. The van der Waals surface area contributed by atoms with Gasteiger partial charge in [-0.15, -0.1) is 6.58 Å². The van der Waals surface area contributed by atoms with Crippen LogP contribution in [0.2, 0.25) is 0 Å². The van der Waals surface area contributed by atoms with E-state index in [-0.39, 0.29) is 24.1 Å². The van der Waals surface area contributed by atoms with Crippen LogP contribution in [0.4, 0.5) is 0 Å². The van der Waals surface area contributed by atoms with Crippen LogP contribution in [-0.4, -0.2) is 18.4 Å². The number of cyclic esters (lactones) is 1. The maximum Gasteiger partial charge on any atom is 0.313 e. The predicted octanol–water partition coefficient (Wildman–Crippen LogP) is 2.65. The number of carbonyl (C=O) groups excluding carboxylic acids is 2. The molecule has 0 spiro atoms. The molecule has 1 aliphatic rings. The number of unbranched alkanes of at least 4 members (excludes halogenated alkanes) is 4. The highest BCUT2D eigenvalue weighted by atomic mass is 16.5. The van der Waals surface area contributed by atoms with Crippen LogP contribution in [0, 0.1) is 5.92 Å². The first kappa shape index (κ1) is 12.9. The maximum atomic E-state index is 11.5. The van der Waals surface area contributed by atoms with Crippen LogP contribution in [0.25, 0.3) is 0 Å². The molecule has 0 radical (unpaired) electrons. The van der Waals surface area contributed by atoms with E-state index in [1.165, 1.54) is 12.8 Å². The van der Waals surface area contributed by atoms with Crippen molar-refractivity contribution in [2.45, 2.75) is 44.9 Å². The third kappa shape index (κ3) is 4.60. The molecule has 0 saturated carbocycles. The molecule has 3 heteroatoms. The summed E-state index contributed by atoms with van der Waals surface area (Å²) in [4.78, 5) is 22.3. The molecule has 0 bridgehead atoms. The van der Waals surface area contributed by atoms with Crippen LogP contribution in [0.3, 0.4) is 0 Å². The Labute approximate surface area is 96.9 Å². The van der Waals surface area contributed by atoms with Crippen molar-refractivity contribution in [1.82, 2.24) is 0 Å². The van der Waals surface area contributed by atoms with Crippen LogP contribution < -0.4 is 0 Å². The van der Waals surface area contributed by atoms with Gasteiger partial charge in [0.25, 0.3) is 0 Å². The van der Waals surface area contributed by atoms with E-state index in [2.05, 4.69) is 6.58 Å². The first-order valence-corrected chi connectivity index (χ1v) is 6.03. The summed E-state index contributed by atoms with van der Waals surface area (Å²) in [6, 6.07) is 0. The number of ketones is 1. The van der Waals surface area contributed by atoms with Gasteiger partial charge in [0.15, 0.2) is 0 Å². The fraction of sp³-hybridized carbons (Fsp3) is 0.692. The zero-order valence-corrected chi connectivity index (χ0v) is 9.74. The minimum Gasteiger partial charge on any atom is -0.465 e. The van der Waals surface area contributed by atoms with Gasteiger partial charge in [-0.1, -0.05) is 25.3 Å². The summed E-state index contributed by atoms with van der Waals surface area (Å²) in [7, 11) is 0. The van der Waals surface area contributed by atoms with E-state index in [9.17, 15) is 9.59 Å². The summed E-state index contributed by atoms with van der Waals surface area (Å²) < 4.78 is 4.88. The molecule has 1 rings (SSSR count). The molecule has 90 valence electrons. The van der Waals surface area contributed by atoms with Gasteiger partial charge in [-0.3, -0.25) is 9.59 Å². The zero-order chi connectivity index (χ0) is 11.8. The third-order valence-corrected chi connectivity index (χ3v) is 2.93. The molecule has 1 heterocycles. The van der Waals surface area contributed by atoms with Gasteiger partial charge in [-0.25, -0.2) is 0 Å². The van der Waals surface area contributed by atoms with Crippen LogP contribution in [0.15, 0.2) is 12.7 Å². The summed E-state index contributed by atoms with van der Waals surface area (Å²) in [6.07, 6.45) is 8.39. The van der Waals surface area contributed by atoms with E-state index in [1.54, 1.807) is 0 Å². The Morgan fingerprint density at radius 1 is 1.25 bits per heavy atom. The van der Waals surface area contributed by atoms with Crippen LogP contribution in [0.1, 0.15) is 44.9 Å². The first-order chi connectivity index (χ1) is 7.74. The van der Waals surface area contributed by atoms with Crippen molar-refractivity contribution in [3.05, 3.63) is 12.7 Å². The van der Waals surface area contributed by atoms with Crippen molar-refractivity contribution in [1.29, 1.82) is 0 Å². The second-order valence-corrected chi connectivity index (χ2v) is 4.30. The van der Waals surface area contributed by atoms with E-state index in [4.69, 9.17) is 4.74 Å². The standard InChI is InChI=1S/C13H20O3/c1-2-3-4-5-6-7-8-11-10-16-13(15)9-12(11)14/h2,11H,1,3-10H2. The average molecular weight is 224 g/mol. The lowest BCUT2D eigenvalue weighted by Crippen LogP contribution is -2.30. The number of hydrogen-bond acceptors (Lipinski definition) is 3. The first-order valence-electron chi connectivity index (χ1n) is 6.03. The average Bonchev–Trinajstić information content (AvgIpc) is 2.26. The summed E-state index contributed by atoms with van der Waals surface area (Å²) >= 11 is 0. The lowest BCUT2D eigenvalue weighted by molar-refractivity contribution is -0.155.